The van der Waals surface area contributed by atoms with Crippen LogP contribution in [-0.4, -0.2) is 4.98 Å². The molecule has 4 aromatic rings. The Hall–Kier alpha value is -2.61. The molecular formula is C19H15NO. The zero-order chi connectivity index (χ0) is 16.9. The van der Waals surface area contributed by atoms with Crippen LogP contribution in [0.15, 0.2) is 59.1 Å². The summed E-state index contributed by atoms with van der Waals surface area (Å²) >= 11 is 0. The lowest BCUT2D eigenvalue weighted by molar-refractivity contribution is 0.666. The summed E-state index contributed by atoms with van der Waals surface area (Å²) in [7, 11) is 0. The number of hydrogen-bond donors (Lipinski definition) is 0. The monoisotopic (exact) mass is 276 g/mol. The van der Waals surface area contributed by atoms with Crippen molar-refractivity contribution in [1.29, 1.82) is 0 Å². The Morgan fingerprint density at radius 1 is 0.952 bits per heavy atom. The number of hydrogen-bond acceptors (Lipinski definition) is 2. The van der Waals surface area contributed by atoms with E-state index in [0.29, 0.717) is 16.7 Å². The van der Waals surface area contributed by atoms with E-state index in [9.17, 15) is 0 Å². The van der Waals surface area contributed by atoms with Crippen molar-refractivity contribution in [3.8, 4) is 11.3 Å². The molecule has 0 N–H and O–H groups in total. The molecule has 0 saturated heterocycles. The van der Waals surface area contributed by atoms with Gasteiger partial charge in [-0.2, -0.15) is 0 Å². The summed E-state index contributed by atoms with van der Waals surface area (Å²) < 4.78 is 29.6. The van der Waals surface area contributed by atoms with Gasteiger partial charge in [-0.1, -0.05) is 30.3 Å². The highest BCUT2D eigenvalue weighted by Gasteiger charge is 2.14. The molecule has 21 heavy (non-hydrogen) atoms. The molecule has 0 radical (unpaired) electrons. The fourth-order valence-corrected chi connectivity index (χ4v) is 2.68. The molecule has 102 valence electrons. The van der Waals surface area contributed by atoms with Crippen molar-refractivity contribution >= 4 is 21.9 Å². The molecule has 2 nitrogen and oxygen atoms in total. The SMILES string of the molecule is [2H]C([2H])([2H])c1c(C)ccc2c1oc1c(-c3ccccn3)cccc12. The van der Waals surface area contributed by atoms with Gasteiger partial charge in [0.15, 0.2) is 0 Å². The minimum Gasteiger partial charge on any atom is -0.455 e. The van der Waals surface area contributed by atoms with Crippen molar-refractivity contribution < 1.29 is 8.53 Å². The Labute approximate surface area is 127 Å². The molecule has 0 aliphatic rings. The summed E-state index contributed by atoms with van der Waals surface area (Å²) in [5.41, 5.74) is 3.76. The van der Waals surface area contributed by atoms with Crippen molar-refractivity contribution in [2.45, 2.75) is 13.8 Å². The van der Waals surface area contributed by atoms with Crippen LogP contribution in [0.4, 0.5) is 0 Å². The Kier molecular flexibility index (Phi) is 1.98. The van der Waals surface area contributed by atoms with E-state index in [1.165, 1.54) is 0 Å². The highest BCUT2D eigenvalue weighted by atomic mass is 16.3. The van der Waals surface area contributed by atoms with E-state index in [1.807, 2.05) is 48.5 Å². The highest BCUT2D eigenvalue weighted by Crippen LogP contribution is 2.36. The first-order valence-corrected chi connectivity index (χ1v) is 6.83. The molecule has 0 aliphatic carbocycles. The number of aryl methyl sites for hydroxylation is 2. The Balaban J connectivity index is 2.13. The maximum Gasteiger partial charge on any atom is 0.144 e. The van der Waals surface area contributed by atoms with Crippen LogP contribution < -0.4 is 0 Å². The van der Waals surface area contributed by atoms with E-state index in [2.05, 4.69) is 4.98 Å². The van der Waals surface area contributed by atoms with Crippen molar-refractivity contribution in [2.75, 3.05) is 0 Å². The van der Waals surface area contributed by atoms with Gasteiger partial charge >= 0.3 is 0 Å². The third-order valence-corrected chi connectivity index (χ3v) is 3.82. The molecule has 0 spiro atoms. The van der Waals surface area contributed by atoms with Gasteiger partial charge in [-0.15, -0.1) is 0 Å². The van der Waals surface area contributed by atoms with Gasteiger partial charge in [-0.25, -0.2) is 0 Å². The maximum absolute atomic E-state index is 7.85. The largest absolute Gasteiger partial charge is 0.455 e. The lowest BCUT2D eigenvalue weighted by Crippen LogP contribution is -1.81. The topological polar surface area (TPSA) is 26.0 Å². The van der Waals surface area contributed by atoms with Crippen molar-refractivity contribution in [1.82, 2.24) is 4.98 Å². The lowest BCUT2D eigenvalue weighted by Gasteiger charge is -2.00. The highest BCUT2D eigenvalue weighted by molar-refractivity contribution is 6.10. The molecule has 0 aliphatic heterocycles. The number of benzene rings is 2. The molecule has 0 atom stereocenters. The molecule has 2 heterocycles. The summed E-state index contributed by atoms with van der Waals surface area (Å²) in [4.78, 5) is 4.39. The van der Waals surface area contributed by atoms with Crippen molar-refractivity contribution in [3.63, 3.8) is 0 Å². The molecule has 0 fully saturated rings. The summed E-state index contributed by atoms with van der Waals surface area (Å²) in [5.74, 6) is 0. The Morgan fingerprint density at radius 3 is 2.67 bits per heavy atom. The smallest absolute Gasteiger partial charge is 0.144 e. The predicted octanol–water partition coefficient (Wildman–Crippen LogP) is 5.26. The van der Waals surface area contributed by atoms with Crippen LogP contribution in [0, 0.1) is 13.8 Å². The zero-order valence-electron chi connectivity index (χ0n) is 14.6. The van der Waals surface area contributed by atoms with E-state index < -0.39 is 6.85 Å². The van der Waals surface area contributed by atoms with E-state index in [-0.39, 0.29) is 5.56 Å². The number of nitrogens with zero attached hydrogens (tertiary/aromatic N) is 1. The minimum absolute atomic E-state index is 0.281. The third-order valence-electron chi connectivity index (χ3n) is 3.82. The van der Waals surface area contributed by atoms with Crippen molar-refractivity contribution in [3.05, 3.63) is 65.9 Å². The van der Waals surface area contributed by atoms with Crippen LogP contribution in [0.25, 0.3) is 33.2 Å². The molecule has 0 bridgehead atoms. The van der Waals surface area contributed by atoms with Gasteiger partial charge in [0, 0.05) is 26.6 Å². The second-order valence-corrected chi connectivity index (χ2v) is 5.13. The van der Waals surface area contributed by atoms with Crippen LogP contribution in [0.3, 0.4) is 0 Å². The summed E-state index contributed by atoms with van der Waals surface area (Å²) in [6.07, 6.45) is 1.73. The fraction of sp³-hybridized carbons (Fsp3) is 0.105. The van der Waals surface area contributed by atoms with Crippen LogP contribution in [-0.2, 0) is 0 Å². The Bertz CT molecular complexity index is 1050. The second-order valence-electron chi connectivity index (χ2n) is 5.13. The molecule has 2 heteroatoms. The summed E-state index contributed by atoms with van der Waals surface area (Å²) in [5, 5.41) is 1.72. The van der Waals surface area contributed by atoms with Gasteiger partial charge in [0.05, 0.1) is 5.69 Å². The van der Waals surface area contributed by atoms with Gasteiger partial charge < -0.3 is 4.42 Å². The molecule has 0 saturated carbocycles. The first kappa shape index (κ1) is 9.35. The number of furan rings is 1. The van der Waals surface area contributed by atoms with Crippen LogP contribution >= 0.6 is 0 Å². The average molecular weight is 276 g/mol. The normalized spacial score (nSPS) is 14.0. The van der Waals surface area contributed by atoms with E-state index >= 15 is 0 Å². The molecule has 4 rings (SSSR count). The number of pyridine rings is 1. The second kappa shape index (κ2) is 4.45. The van der Waals surface area contributed by atoms with Gasteiger partial charge in [0.25, 0.3) is 0 Å². The average Bonchev–Trinajstić information content (AvgIpc) is 2.92. The number of aromatic nitrogens is 1. The quantitative estimate of drug-likeness (QED) is 0.473. The van der Waals surface area contributed by atoms with E-state index in [0.717, 1.165) is 22.0 Å². The number of rotatable bonds is 1. The fourth-order valence-electron chi connectivity index (χ4n) is 2.68. The van der Waals surface area contributed by atoms with Gasteiger partial charge in [0.2, 0.25) is 0 Å². The first-order valence-electron chi connectivity index (χ1n) is 8.33. The third kappa shape index (κ3) is 1.76. The van der Waals surface area contributed by atoms with Crippen molar-refractivity contribution in [2.24, 2.45) is 0 Å². The van der Waals surface area contributed by atoms with Crippen LogP contribution in [0.5, 0.6) is 0 Å². The van der Waals surface area contributed by atoms with Gasteiger partial charge in [0.1, 0.15) is 11.2 Å². The molecule has 2 aromatic carbocycles. The Morgan fingerprint density at radius 2 is 1.86 bits per heavy atom. The van der Waals surface area contributed by atoms with E-state index in [1.54, 1.807) is 13.1 Å². The number of fused-ring (bicyclic) bond motifs is 3. The lowest BCUT2D eigenvalue weighted by atomic mass is 10.0. The minimum atomic E-state index is -2.22. The molecule has 0 unspecified atom stereocenters. The zero-order valence-corrected chi connectivity index (χ0v) is 11.6. The molecular weight excluding hydrogens is 258 g/mol. The molecule has 2 aromatic heterocycles. The predicted molar refractivity (Wildman–Crippen MR) is 86.4 cm³/mol. The standard InChI is InChI=1S/C19H15NO/c1-12-9-10-15-14-6-5-7-16(17-8-3-4-11-20-17)19(14)21-18(15)13(12)2/h3-11H,1-2H3/i2D3. The van der Waals surface area contributed by atoms with Crippen LogP contribution in [0.1, 0.15) is 15.2 Å². The number of para-hydroxylation sites is 1. The first-order chi connectivity index (χ1) is 11.5. The van der Waals surface area contributed by atoms with Gasteiger partial charge in [-0.05, 0) is 43.1 Å². The maximum atomic E-state index is 7.85. The van der Waals surface area contributed by atoms with E-state index in [4.69, 9.17) is 8.53 Å². The molecule has 0 amide bonds. The van der Waals surface area contributed by atoms with Crippen LogP contribution in [0.2, 0.25) is 0 Å². The van der Waals surface area contributed by atoms with Gasteiger partial charge in [-0.3, -0.25) is 4.98 Å². The summed E-state index contributed by atoms with van der Waals surface area (Å²) in [6, 6.07) is 15.3. The summed E-state index contributed by atoms with van der Waals surface area (Å²) in [6.45, 7) is -0.420.